The number of rotatable bonds is 4. The summed E-state index contributed by atoms with van der Waals surface area (Å²) in [7, 11) is 0. The van der Waals surface area contributed by atoms with Crippen LogP contribution in [-0.4, -0.2) is 15.0 Å². The van der Waals surface area contributed by atoms with E-state index < -0.39 is 0 Å². The van der Waals surface area contributed by atoms with Gasteiger partial charge in [-0.1, -0.05) is 127 Å². The average Bonchev–Trinajstić information content (AvgIpc) is 3.82. The van der Waals surface area contributed by atoms with Crippen LogP contribution in [0.5, 0.6) is 0 Å². The number of nitrogens with zero attached hydrogens (tertiary/aromatic N) is 3. The summed E-state index contributed by atoms with van der Waals surface area (Å²) in [5.41, 5.74) is 8.24. The highest BCUT2D eigenvalue weighted by Crippen LogP contribution is 2.40. The third-order valence-electron chi connectivity index (χ3n) is 11.1. The Morgan fingerprint density at radius 2 is 0.875 bits per heavy atom. The first-order chi connectivity index (χ1) is 27.7. The number of hydrogen-bond acceptors (Lipinski definition) is 5. The summed E-state index contributed by atoms with van der Waals surface area (Å²) >= 11 is 0. The smallest absolute Gasteiger partial charge is 0.167 e. The quantitative estimate of drug-likeness (QED) is 0.181. The minimum Gasteiger partial charge on any atom is -0.456 e. The van der Waals surface area contributed by atoms with Gasteiger partial charge in [0, 0.05) is 32.7 Å². The third kappa shape index (κ3) is 4.78. The molecule has 5 heteroatoms. The van der Waals surface area contributed by atoms with Crippen LogP contribution in [0.4, 0.5) is 0 Å². The van der Waals surface area contributed by atoms with Crippen LogP contribution >= 0.6 is 0 Å². The highest BCUT2D eigenvalue weighted by atomic mass is 16.3. The predicted molar refractivity (Wildman–Crippen MR) is 229 cm³/mol. The van der Waals surface area contributed by atoms with Gasteiger partial charge >= 0.3 is 0 Å². The molecule has 3 aromatic heterocycles. The van der Waals surface area contributed by atoms with Gasteiger partial charge in [0.15, 0.2) is 17.5 Å². The second-order valence-electron chi connectivity index (χ2n) is 14.4. The Hall–Kier alpha value is -7.63. The highest BCUT2D eigenvalue weighted by Gasteiger charge is 2.20. The summed E-state index contributed by atoms with van der Waals surface area (Å²) in [6.07, 6.45) is 0. The van der Waals surface area contributed by atoms with Crippen molar-refractivity contribution in [3.63, 3.8) is 0 Å². The van der Waals surface area contributed by atoms with Crippen LogP contribution in [0.25, 0.3) is 121 Å². The molecule has 0 spiro atoms. The number of fused-ring (bicyclic) bond motifs is 9. The van der Waals surface area contributed by atoms with E-state index in [0.29, 0.717) is 17.5 Å². The molecule has 0 atom stereocenters. The first-order valence-electron chi connectivity index (χ1n) is 18.8. The van der Waals surface area contributed by atoms with Gasteiger partial charge in [0.1, 0.15) is 22.3 Å². The van der Waals surface area contributed by atoms with Crippen molar-refractivity contribution in [2.75, 3.05) is 0 Å². The van der Waals surface area contributed by atoms with E-state index in [1.165, 1.54) is 10.8 Å². The Labute approximate surface area is 320 Å². The van der Waals surface area contributed by atoms with Crippen molar-refractivity contribution in [2.24, 2.45) is 0 Å². The monoisotopic (exact) mass is 715 g/mol. The molecule has 0 aliphatic carbocycles. The van der Waals surface area contributed by atoms with Gasteiger partial charge in [-0.25, -0.2) is 15.0 Å². The van der Waals surface area contributed by atoms with Gasteiger partial charge < -0.3 is 8.83 Å². The second-order valence-corrected chi connectivity index (χ2v) is 14.4. The van der Waals surface area contributed by atoms with Crippen molar-refractivity contribution < 1.29 is 8.83 Å². The number of benzene rings is 9. The molecule has 0 aliphatic rings. The Balaban J connectivity index is 1.06. The first kappa shape index (κ1) is 30.8. The van der Waals surface area contributed by atoms with Gasteiger partial charge in [-0.3, -0.25) is 0 Å². The lowest BCUT2D eigenvalue weighted by atomic mass is 9.93. The van der Waals surface area contributed by atoms with Crippen molar-refractivity contribution in [3.05, 3.63) is 176 Å². The Bertz CT molecular complexity index is 3560. The minimum atomic E-state index is 0.556. The highest BCUT2D eigenvalue weighted by molar-refractivity contribution is 6.13. The van der Waals surface area contributed by atoms with Crippen molar-refractivity contribution >= 4 is 76.2 Å². The molecular weight excluding hydrogens is 687 g/mol. The molecule has 0 fully saturated rings. The Morgan fingerprint density at radius 3 is 1.71 bits per heavy atom. The van der Waals surface area contributed by atoms with E-state index in [0.717, 1.165) is 93.2 Å². The van der Waals surface area contributed by atoms with Crippen LogP contribution in [0.1, 0.15) is 0 Å². The van der Waals surface area contributed by atoms with Crippen LogP contribution in [-0.2, 0) is 0 Å². The normalized spacial score (nSPS) is 11.9. The van der Waals surface area contributed by atoms with Gasteiger partial charge in [-0.2, -0.15) is 0 Å². The molecule has 0 saturated heterocycles. The number of hydrogen-bond donors (Lipinski definition) is 0. The van der Waals surface area contributed by atoms with E-state index in [1.54, 1.807) is 0 Å². The second kappa shape index (κ2) is 11.9. The summed E-state index contributed by atoms with van der Waals surface area (Å²) < 4.78 is 12.8. The number of furan rings is 2. The fraction of sp³-hybridized carbons (Fsp3) is 0. The zero-order chi connectivity index (χ0) is 36.7. The zero-order valence-corrected chi connectivity index (χ0v) is 29.9. The van der Waals surface area contributed by atoms with Gasteiger partial charge in [0.2, 0.25) is 0 Å². The Morgan fingerprint density at radius 1 is 0.286 bits per heavy atom. The minimum absolute atomic E-state index is 0.556. The number of para-hydroxylation sites is 2. The standard InChI is InChI=1S/C51H29N3O2/c1-2-11-31-26-35(21-20-30(31)10-1)49-52-50(54-51(53-49)42-18-9-17-40-39-16-7-8-19-45(39)56-48(40)42)41-24-23-36(37-14-5-6-15-38(37)41)34-22-25-46-43(28-34)44-27-32-12-3-4-13-33(32)29-47(44)55-46/h1-29H. The maximum atomic E-state index is 6.49. The van der Waals surface area contributed by atoms with E-state index in [-0.39, 0.29) is 0 Å². The lowest BCUT2D eigenvalue weighted by Crippen LogP contribution is -2.01. The van der Waals surface area contributed by atoms with Crippen LogP contribution in [0.3, 0.4) is 0 Å². The molecule has 5 nitrogen and oxygen atoms in total. The maximum absolute atomic E-state index is 6.49. The molecule has 12 rings (SSSR count). The van der Waals surface area contributed by atoms with Crippen LogP contribution in [0.15, 0.2) is 185 Å². The van der Waals surface area contributed by atoms with E-state index in [4.69, 9.17) is 23.8 Å². The molecule has 0 bridgehead atoms. The van der Waals surface area contributed by atoms with E-state index in [1.807, 2.05) is 30.3 Å². The fourth-order valence-corrected chi connectivity index (χ4v) is 8.37. The van der Waals surface area contributed by atoms with Gasteiger partial charge in [0.25, 0.3) is 0 Å². The van der Waals surface area contributed by atoms with Crippen LogP contribution < -0.4 is 0 Å². The van der Waals surface area contributed by atoms with Crippen molar-refractivity contribution in [2.45, 2.75) is 0 Å². The molecule has 0 saturated carbocycles. The molecule has 0 radical (unpaired) electrons. The summed E-state index contributed by atoms with van der Waals surface area (Å²) in [6.45, 7) is 0. The zero-order valence-electron chi connectivity index (χ0n) is 29.9. The molecule has 0 unspecified atom stereocenters. The van der Waals surface area contributed by atoms with Crippen molar-refractivity contribution in [1.29, 1.82) is 0 Å². The fourth-order valence-electron chi connectivity index (χ4n) is 8.37. The maximum Gasteiger partial charge on any atom is 0.167 e. The molecule has 3 heterocycles. The molecule has 260 valence electrons. The van der Waals surface area contributed by atoms with Crippen molar-refractivity contribution in [3.8, 4) is 45.3 Å². The Kier molecular flexibility index (Phi) is 6.56. The van der Waals surface area contributed by atoms with E-state index in [2.05, 4.69) is 146 Å². The molecule has 0 amide bonds. The summed E-state index contributed by atoms with van der Waals surface area (Å²) in [5.74, 6) is 1.75. The van der Waals surface area contributed by atoms with Gasteiger partial charge in [0.05, 0.1) is 5.56 Å². The van der Waals surface area contributed by atoms with Gasteiger partial charge in [-0.05, 0) is 92.0 Å². The largest absolute Gasteiger partial charge is 0.456 e. The summed E-state index contributed by atoms with van der Waals surface area (Å²) in [5, 5.41) is 11.1. The van der Waals surface area contributed by atoms with Crippen molar-refractivity contribution in [1.82, 2.24) is 15.0 Å². The average molecular weight is 716 g/mol. The third-order valence-corrected chi connectivity index (χ3v) is 11.1. The first-order valence-corrected chi connectivity index (χ1v) is 18.8. The molecule has 12 aromatic rings. The molecule has 0 aliphatic heterocycles. The lowest BCUT2D eigenvalue weighted by molar-refractivity contribution is 0.669. The topological polar surface area (TPSA) is 65.0 Å². The number of aromatic nitrogens is 3. The van der Waals surface area contributed by atoms with Crippen LogP contribution in [0, 0.1) is 0 Å². The summed E-state index contributed by atoms with van der Waals surface area (Å²) in [6, 6.07) is 61.1. The molecule has 56 heavy (non-hydrogen) atoms. The predicted octanol–water partition coefficient (Wildman–Crippen LogP) is 13.8. The van der Waals surface area contributed by atoms with Gasteiger partial charge in [-0.15, -0.1) is 0 Å². The van der Waals surface area contributed by atoms with Crippen LogP contribution in [0.2, 0.25) is 0 Å². The molecule has 9 aromatic carbocycles. The SMILES string of the molecule is c1ccc2cc(-c3nc(-c4ccc(-c5ccc6oc7cc8ccccc8cc7c6c5)c5ccccc45)nc(-c4cccc5c4oc4ccccc45)n3)ccc2c1. The lowest BCUT2D eigenvalue weighted by Gasteiger charge is -2.13. The van der Waals surface area contributed by atoms with E-state index in [9.17, 15) is 0 Å². The van der Waals surface area contributed by atoms with E-state index >= 15 is 0 Å². The molecular formula is C51H29N3O2. The summed E-state index contributed by atoms with van der Waals surface area (Å²) in [4.78, 5) is 15.6. The molecule has 0 N–H and O–H groups in total.